The summed E-state index contributed by atoms with van der Waals surface area (Å²) in [6.07, 6.45) is 4.37. The number of nitrogens with zero attached hydrogens (tertiary/aromatic N) is 3. The smallest absolute Gasteiger partial charge is 0.138 e. The number of aryl methyl sites for hydroxylation is 1. The molecule has 1 unspecified atom stereocenters. The summed E-state index contributed by atoms with van der Waals surface area (Å²) in [6, 6.07) is 10.7. The third-order valence-corrected chi connectivity index (χ3v) is 4.67. The van der Waals surface area contributed by atoms with Crippen LogP contribution in [0, 0.1) is 0 Å². The van der Waals surface area contributed by atoms with E-state index in [9.17, 15) is 0 Å². The van der Waals surface area contributed by atoms with Crippen molar-refractivity contribution in [1.82, 2.24) is 20.2 Å². The molecule has 0 saturated heterocycles. The van der Waals surface area contributed by atoms with E-state index in [0.717, 1.165) is 25.1 Å². The van der Waals surface area contributed by atoms with Crippen LogP contribution in [0.3, 0.4) is 0 Å². The van der Waals surface area contributed by atoms with Gasteiger partial charge in [-0.2, -0.15) is 5.10 Å². The second-order valence-electron chi connectivity index (χ2n) is 5.45. The summed E-state index contributed by atoms with van der Waals surface area (Å²) in [5.74, 6) is 6.85. The molecule has 1 heterocycles. The molecule has 0 amide bonds. The molecular weight excluding hydrogens is 262 g/mol. The lowest BCUT2D eigenvalue weighted by Gasteiger charge is -2.40. The molecule has 5 nitrogen and oxygen atoms in total. The molecule has 114 valence electrons. The fourth-order valence-electron chi connectivity index (χ4n) is 3.22. The molecule has 2 rings (SSSR count). The van der Waals surface area contributed by atoms with Gasteiger partial charge in [0, 0.05) is 24.9 Å². The molecule has 1 aromatic heterocycles. The first kappa shape index (κ1) is 15.7. The van der Waals surface area contributed by atoms with Crippen LogP contribution in [0.1, 0.15) is 38.1 Å². The first-order valence-corrected chi connectivity index (χ1v) is 7.52. The molecule has 0 saturated carbocycles. The Kier molecular flexibility index (Phi) is 5.09. The Bertz CT molecular complexity index is 545. The van der Waals surface area contributed by atoms with E-state index >= 15 is 0 Å². The highest BCUT2D eigenvalue weighted by Crippen LogP contribution is 2.36. The number of benzene rings is 1. The van der Waals surface area contributed by atoms with E-state index in [2.05, 4.69) is 53.6 Å². The summed E-state index contributed by atoms with van der Waals surface area (Å²) in [5.41, 5.74) is 4.34. The van der Waals surface area contributed by atoms with Crippen LogP contribution in [0.2, 0.25) is 0 Å². The van der Waals surface area contributed by atoms with Crippen molar-refractivity contribution in [2.75, 3.05) is 0 Å². The van der Waals surface area contributed by atoms with Crippen LogP contribution >= 0.6 is 0 Å². The lowest BCUT2D eigenvalue weighted by molar-refractivity contribution is 0.266. The zero-order valence-electron chi connectivity index (χ0n) is 13.1. The van der Waals surface area contributed by atoms with Gasteiger partial charge in [-0.05, 0) is 18.4 Å². The van der Waals surface area contributed by atoms with Crippen molar-refractivity contribution in [3.8, 4) is 0 Å². The molecule has 0 spiro atoms. The van der Waals surface area contributed by atoms with E-state index in [4.69, 9.17) is 5.84 Å². The van der Waals surface area contributed by atoms with Crippen molar-refractivity contribution >= 4 is 0 Å². The van der Waals surface area contributed by atoms with Gasteiger partial charge in [0.15, 0.2) is 0 Å². The van der Waals surface area contributed by atoms with E-state index < -0.39 is 0 Å². The molecule has 1 atom stereocenters. The van der Waals surface area contributed by atoms with Gasteiger partial charge < -0.3 is 0 Å². The van der Waals surface area contributed by atoms with Gasteiger partial charge in [0.1, 0.15) is 12.2 Å². The van der Waals surface area contributed by atoms with Crippen molar-refractivity contribution < 1.29 is 0 Å². The number of hydrogen-bond acceptors (Lipinski definition) is 4. The minimum Gasteiger partial charge on any atom is -0.271 e. The quantitative estimate of drug-likeness (QED) is 0.603. The highest BCUT2D eigenvalue weighted by molar-refractivity contribution is 5.28. The number of nitrogens with two attached hydrogens (primary N) is 1. The molecule has 2 aromatic rings. The topological polar surface area (TPSA) is 68.8 Å². The fourth-order valence-corrected chi connectivity index (χ4v) is 3.22. The molecule has 1 aromatic carbocycles. The van der Waals surface area contributed by atoms with Crippen LogP contribution in [0.4, 0.5) is 0 Å². The van der Waals surface area contributed by atoms with Gasteiger partial charge in [0.2, 0.25) is 0 Å². The maximum absolute atomic E-state index is 5.91. The van der Waals surface area contributed by atoms with Crippen molar-refractivity contribution in [1.29, 1.82) is 0 Å². The summed E-state index contributed by atoms with van der Waals surface area (Å²) in [5, 5.41) is 4.15. The molecule has 5 heteroatoms. The summed E-state index contributed by atoms with van der Waals surface area (Å²) in [4.78, 5) is 4.34. The standard InChI is InChI=1S/C16H25N5/c1-4-16(5-2,13-9-7-6-8-10-13)14(20-17)11-15-18-12-19-21(15)3/h6-10,12,14,20H,4-5,11,17H2,1-3H3. The maximum Gasteiger partial charge on any atom is 0.138 e. The van der Waals surface area contributed by atoms with Crippen LogP contribution in [-0.2, 0) is 18.9 Å². The Morgan fingerprint density at radius 3 is 2.38 bits per heavy atom. The third kappa shape index (κ3) is 2.99. The Hall–Kier alpha value is -1.72. The van der Waals surface area contributed by atoms with Crippen molar-refractivity contribution in [3.05, 3.63) is 48.0 Å². The summed E-state index contributed by atoms with van der Waals surface area (Å²) in [7, 11) is 1.91. The average molecular weight is 287 g/mol. The SMILES string of the molecule is CCC(CC)(c1ccccc1)C(Cc1ncnn1C)NN. The molecule has 0 fully saturated rings. The molecule has 0 radical (unpaired) electrons. The molecule has 0 aliphatic heterocycles. The van der Waals surface area contributed by atoms with E-state index in [1.54, 1.807) is 6.33 Å². The zero-order valence-corrected chi connectivity index (χ0v) is 13.1. The number of aromatic nitrogens is 3. The summed E-state index contributed by atoms with van der Waals surface area (Å²) in [6.45, 7) is 4.44. The Balaban J connectivity index is 2.37. The van der Waals surface area contributed by atoms with Gasteiger partial charge in [0.25, 0.3) is 0 Å². The van der Waals surface area contributed by atoms with Crippen LogP contribution < -0.4 is 11.3 Å². The van der Waals surface area contributed by atoms with Crippen LogP contribution in [0.15, 0.2) is 36.7 Å². The van der Waals surface area contributed by atoms with Crippen molar-refractivity contribution in [3.63, 3.8) is 0 Å². The maximum atomic E-state index is 5.91. The van der Waals surface area contributed by atoms with Gasteiger partial charge >= 0.3 is 0 Å². The van der Waals surface area contributed by atoms with Crippen LogP contribution in [0.5, 0.6) is 0 Å². The fraction of sp³-hybridized carbons (Fsp3) is 0.500. The number of hydrogen-bond donors (Lipinski definition) is 2. The third-order valence-electron chi connectivity index (χ3n) is 4.67. The van der Waals surface area contributed by atoms with Gasteiger partial charge in [0.05, 0.1) is 0 Å². The molecule has 21 heavy (non-hydrogen) atoms. The van der Waals surface area contributed by atoms with Gasteiger partial charge in [-0.1, -0.05) is 44.2 Å². The van der Waals surface area contributed by atoms with E-state index in [1.165, 1.54) is 5.56 Å². The monoisotopic (exact) mass is 287 g/mol. The van der Waals surface area contributed by atoms with Gasteiger partial charge in [-0.3, -0.25) is 16.0 Å². The van der Waals surface area contributed by atoms with Crippen LogP contribution in [0.25, 0.3) is 0 Å². The summed E-state index contributed by atoms with van der Waals surface area (Å²) >= 11 is 0. The minimum absolute atomic E-state index is 0.0119. The van der Waals surface area contributed by atoms with Crippen molar-refractivity contribution in [2.24, 2.45) is 12.9 Å². The zero-order chi connectivity index (χ0) is 15.3. The average Bonchev–Trinajstić information content (AvgIpc) is 2.94. The van der Waals surface area contributed by atoms with Crippen LogP contribution in [-0.4, -0.2) is 20.8 Å². The van der Waals surface area contributed by atoms with Gasteiger partial charge in [-0.15, -0.1) is 0 Å². The normalized spacial score (nSPS) is 13.3. The lowest BCUT2D eigenvalue weighted by Crippen LogP contribution is -2.52. The number of rotatable bonds is 7. The van der Waals surface area contributed by atoms with E-state index in [0.29, 0.717) is 0 Å². The first-order chi connectivity index (χ1) is 10.2. The van der Waals surface area contributed by atoms with Gasteiger partial charge in [-0.25, -0.2) is 4.98 Å². The largest absolute Gasteiger partial charge is 0.271 e. The highest BCUT2D eigenvalue weighted by atomic mass is 15.3. The Morgan fingerprint density at radius 2 is 1.90 bits per heavy atom. The lowest BCUT2D eigenvalue weighted by atomic mass is 9.69. The number of nitrogens with one attached hydrogen (secondary N) is 1. The highest BCUT2D eigenvalue weighted by Gasteiger charge is 2.37. The predicted octanol–water partition coefficient (Wildman–Crippen LogP) is 1.95. The first-order valence-electron chi connectivity index (χ1n) is 7.52. The Labute approximate surface area is 126 Å². The second-order valence-corrected chi connectivity index (χ2v) is 5.45. The predicted molar refractivity (Wildman–Crippen MR) is 84.5 cm³/mol. The molecule has 0 aliphatic carbocycles. The minimum atomic E-state index is -0.0119. The van der Waals surface area contributed by atoms with E-state index in [-0.39, 0.29) is 11.5 Å². The van der Waals surface area contributed by atoms with E-state index in [1.807, 2.05) is 17.8 Å². The van der Waals surface area contributed by atoms with Crippen molar-refractivity contribution in [2.45, 2.75) is 44.6 Å². The molecule has 0 aliphatic rings. The molecule has 3 N–H and O–H groups in total. The Morgan fingerprint density at radius 1 is 1.24 bits per heavy atom. The number of hydrazine groups is 1. The molecular formula is C16H25N5. The molecule has 0 bridgehead atoms. The second kappa shape index (κ2) is 6.83. The summed E-state index contributed by atoms with van der Waals surface area (Å²) < 4.78 is 1.81.